The Morgan fingerprint density at radius 2 is 0.702 bits per heavy atom. The number of hydrogen-bond acceptors (Lipinski definition) is 0. The summed E-state index contributed by atoms with van der Waals surface area (Å²) in [6.07, 6.45) is 4.43. The molecule has 8 aromatic carbocycles. The Morgan fingerprint density at radius 1 is 0.298 bits per heavy atom. The lowest BCUT2D eigenvalue weighted by molar-refractivity contribution is 0.898. The number of hydrogen-bond donors (Lipinski definition) is 0. The van der Waals surface area contributed by atoms with Gasteiger partial charge < -0.3 is 13.7 Å². The van der Waals surface area contributed by atoms with Gasteiger partial charge in [0.2, 0.25) is 0 Å². The Labute approximate surface area is 330 Å². The van der Waals surface area contributed by atoms with E-state index in [4.69, 9.17) is 0 Å². The number of aromatic nitrogens is 3. The summed E-state index contributed by atoms with van der Waals surface area (Å²) in [5, 5.41) is 6.39. The van der Waals surface area contributed by atoms with Gasteiger partial charge in [-0.1, -0.05) is 109 Å². The molecule has 3 heteroatoms. The van der Waals surface area contributed by atoms with E-state index in [-0.39, 0.29) is 0 Å². The van der Waals surface area contributed by atoms with Crippen LogP contribution in [-0.4, -0.2) is 13.7 Å². The van der Waals surface area contributed by atoms with E-state index < -0.39 is 0 Å². The van der Waals surface area contributed by atoms with Crippen molar-refractivity contribution in [2.75, 3.05) is 0 Å². The van der Waals surface area contributed by atoms with Crippen molar-refractivity contribution in [2.24, 2.45) is 0 Å². The van der Waals surface area contributed by atoms with Gasteiger partial charge >= 0.3 is 0 Å². The largest absolute Gasteiger partial charge is 0.313 e. The van der Waals surface area contributed by atoms with Crippen LogP contribution in [0.3, 0.4) is 0 Å². The smallest absolute Gasteiger partial charge is 0.0541 e. The van der Waals surface area contributed by atoms with E-state index in [1.54, 1.807) is 0 Å². The molecule has 3 heterocycles. The molecule has 268 valence electrons. The Hall–Kier alpha value is -7.36. The highest BCUT2D eigenvalue weighted by molar-refractivity contribution is 6.12. The number of nitrogens with zero attached hydrogens (tertiary/aromatic N) is 3. The summed E-state index contributed by atoms with van der Waals surface area (Å²) in [6.45, 7) is 0. The van der Waals surface area contributed by atoms with E-state index in [1.165, 1.54) is 105 Å². The summed E-state index contributed by atoms with van der Waals surface area (Å²) in [5.41, 5.74) is 17.5. The predicted octanol–water partition coefficient (Wildman–Crippen LogP) is 14.0. The Kier molecular flexibility index (Phi) is 7.05. The van der Waals surface area contributed by atoms with Gasteiger partial charge in [-0.15, -0.1) is 0 Å². The van der Waals surface area contributed by atoms with E-state index in [9.17, 15) is 0 Å². The van der Waals surface area contributed by atoms with Crippen molar-refractivity contribution in [3.05, 3.63) is 211 Å². The van der Waals surface area contributed by atoms with Gasteiger partial charge in [0.15, 0.2) is 0 Å². The summed E-state index contributed by atoms with van der Waals surface area (Å²) >= 11 is 0. The average molecular weight is 728 g/mol. The van der Waals surface area contributed by atoms with Crippen molar-refractivity contribution in [1.82, 2.24) is 13.7 Å². The molecular formula is C54H37N3. The van der Waals surface area contributed by atoms with Gasteiger partial charge in [-0.3, -0.25) is 0 Å². The lowest BCUT2D eigenvalue weighted by atomic mass is 9.90. The standard InChI is InChI=1S/C54H37N3/c1-4-14-40(15-5-1)55-49-22-12-10-20-43(49)45-32-36(24-28-51(45)55)38-26-30-53-47(34-38)48-35-39(27-31-54(48)57(53)42-18-8-3-9-19-42)37-25-29-52-46(33-37)44-21-11-13-23-50(44)56(52)41-16-6-2-7-17-41/h1-26,28-30,32-35H,27,31H2. The van der Waals surface area contributed by atoms with Crippen LogP contribution in [-0.2, 0) is 6.42 Å². The number of benzene rings is 8. The van der Waals surface area contributed by atoms with Crippen LogP contribution in [0.1, 0.15) is 23.2 Å². The molecule has 0 aliphatic heterocycles. The predicted molar refractivity (Wildman–Crippen MR) is 240 cm³/mol. The molecule has 0 atom stereocenters. The van der Waals surface area contributed by atoms with E-state index >= 15 is 0 Å². The van der Waals surface area contributed by atoms with Gasteiger partial charge in [0.1, 0.15) is 0 Å². The van der Waals surface area contributed by atoms with Crippen LogP contribution in [0.2, 0.25) is 0 Å². The first-order valence-corrected chi connectivity index (χ1v) is 19.9. The van der Waals surface area contributed by atoms with E-state index in [2.05, 4.69) is 214 Å². The number of para-hydroxylation sites is 5. The molecule has 0 saturated carbocycles. The highest BCUT2D eigenvalue weighted by Gasteiger charge is 2.23. The Bertz CT molecular complexity index is 3380. The third-order valence-electron chi connectivity index (χ3n) is 12.2. The summed E-state index contributed by atoms with van der Waals surface area (Å²) in [5.74, 6) is 0. The van der Waals surface area contributed by atoms with Crippen LogP contribution >= 0.6 is 0 Å². The highest BCUT2D eigenvalue weighted by Crippen LogP contribution is 2.42. The van der Waals surface area contributed by atoms with E-state index in [0.717, 1.165) is 12.8 Å². The zero-order valence-electron chi connectivity index (χ0n) is 31.3. The maximum atomic E-state index is 2.50. The topological polar surface area (TPSA) is 14.8 Å². The van der Waals surface area contributed by atoms with Gasteiger partial charge in [-0.25, -0.2) is 0 Å². The fourth-order valence-corrected chi connectivity index (χ4v) is 9.59. The first-order valence-electron chi connectivity index (χ1n) is 19.9. The minimum absolute atomic E-state index is 0.967. The van der Waals surface area contributed by atoms with E-state index in [0.29, 0.717) is 0 Å². The fourth-order valence-electron chi connectivity index (χ4n) is 9.59. The second-order valence-electron chi connectivity index (χ2n) is 15.3. The van der Waals surface area contributed by atoms with Crippen molar-refractivity contribution in [2.45, 2.75) is 12.8 Å². The maximum Gasteiger partial charge on any atom is 0.0541 e. The number of allylic oxidation sites excluding steroid dienone is 1. The summed E-state index contributed by atoms with van der Waals surface area (Å²) in [4.78, 5) is 0. The third kappa shape index (κ3) is 4.92. The first kappa shape index (κ1) is 31.9. The zero-order chi connectivity index (χ0) is 37.5. The van der Waals surface area contributed by atoms with Crippen molar-refractivity contribution in [3.63, 3.8) is 0 Å². The molecule has 0 saturated heterocycles. The minimum Gasteiger partial charge on any atom is -0.313 e. The normalized spacial score (nSPS) is 12.9. The van der Waals surface area contributed by atoms with Gasteiger partial charge in [-0.05, 0) is 126 Å². The number of rotatable bonds is 5. The van der Waals surface area contributed by atoms with Crippen LogP contribution in [0.4, 0.5) is 0 Å². The minimum atomic E-state index is 0.967. The third-order valence-corrected chi connectivity index (χ3v) is 12.2. The molecule has 0 fully saturated rings. The highest BCUT2D eigenvalue weighted by atomic mass is 15.0. The van der Waals surface area contributed by atoms with Crippen molar-refractivity contribution in [1.29, 1.82) is 0 Å². The lowest BCUT2D eigenvalue weighted by Gasteiger charge is -2.18. The molecular weight excluding hydrogens is 691 g/mol. The molecule has 57 heavy (non-hydrogen) atoms. The second kappa shape index (κ2) is 12.6. The van der Waals surface area contributed by atoms with Crippen molar-refractivity contribution < 1.29 is 0 Å². The average Bonchev–Trinajstić information content (AvgIpc) is 3.92. The quantitative estimate of drug-likeness (QED) is 0.168. The molecule has 1 aliphatic rings. The Balaban J connectivity index is 1.03. The zero-order valence-corrected chi connectivity index (χ0v) is 31.3. The molecule has 0 N–H and O–H groups in total. The van der Waals surface area contributed by atoms with Gasteiger partial charge in [0, 0.05) is 55.3 Å². The maximum absolute atomic E-state index is 2.50. The first-order chi connectivity index (χ1) is 28.3. The monoisotopic (exact) mass is 727 g/mol. The van der Waals surface area contributed by atoms with Crippen LogP contribution in [0, 0.1) is 0 Å². The van der Waals surface area contributed by atoms with Crippen LogP contribution in [0.5, 0.6) is 0 Å². The van der Waals surface area contributed by atoms with E-state index in [1.807, 2.05) is 0 Å². The Morgan fingerprint density at radius 3 is 1.25 bits per heavy atom. The summed E-state index contributed by atoms with van der Waals surface area (Å²) < 4.78 is 7.28. The summed E-state index contributed by atoms with van der Waals surface area (Å²) in [6, 6.07) is 71.0. The molecule has 3 aromatic heterocycles. The van der Waals surface area contributed by atoms with Crippen molar-refractivity contribution >= 4 is 66.2 Å². The van der Waals surface area contributed by atoms with Gasteiger partial charge in [0.05, 0.1) is 27.6 Å². The lowest BCUT2D eigenvalue weighted by Crippen LogP contribution is -2.05. The molecule has 3 nitrogen and oxygen atoms in total. The van der Waals surface area contributed by atoms with Crippen LogP contribution in [0.25, 0.3) is 94.4 Å². The SMILES string of the molecule is C1=C(c2ccc3c(c2)c2ccccc2n3-c2ccccc2)CCc2c1c1cc(-c3ccc4c(c3)c3ccccc3n4-c3ccccc3)ccc1n2-c1ccccc1. The molecule has 0 spiro atoms. The van der Waals surface area contributed by atoms with Crippen LogP contribution < -0.4 is 0 Å². The fraction of sp³-hybridized carbons (Fsp3) is 0.0370. The second-order valence-corrected chi connectivity index (χ2v) is 15.3. The molecule has 0 amide bonds. The molecule has 12 rings (SSSR count). The molecule has 0 unspecified atom stereocenters. The van der Waals surface area contributed by atoms with Crippen molar-refractivity contribution in [3.8, 4) is 28.2 Å². The molecule has 0 radical (unpaired) electrons. The molecule has 1 aliphatic carbocycles. The summed E-state index contributed by atoms with van der Waals surface area (Å²) in [7, 11) is 0. The molecule has 0 bridgehead atoms. The molecule has 11 aromatic rings. The van der Waals surface area contributed by atoms with Crippen LogP contribution in [0.15, 0.2) is 194 Å². The van der Waals surface area contributed by atoms with Gasteiger partial charge in [0.25, 0.3) is 0 Å². The number of fused-ring (bicyclic) bond motifs is 9. The van der Waals surface area contributed by atoms with Gasteiger partial charge in [-0.2, -0.15) is 0 Å².